The third-order valence-corrected chi connectivity index (χ3v) is 4.38. The highest BCUT2D eigenvalue weighted by atomic mass is 127. The van der Waals surface area contributed by atoms with Crippen molar-refractivity contribution in [1.29, 1.82) is 0 Å². The predicted octanol–water partition coefficient (Wildman–Crippen LogP) is 5.24. The van der Waals surface area contributed by atoms with Crippen LogP contribution in [0, 0.1) is 25.3 Å². The fourth-order valence-electron chi connectivity index (χ4n) is 2.66. The Bertz CT molecular complexity index is 1120. The molecule has 1 amide bonds. The number of carbonyl (C=O) groups excluding carboxylic acids is 1. The first kappa shape index (κ1) is 20.6. The maximum absolute atomic E-state index is 14.3. The number of pyridine rings is 1. The van der Waals surface area contributed by atoms with Crippen LogP contribution in [0.25, 0.3) is 11.1 Å². The first-order chi connectivity index (χ1) is 13.7. The summed E-state index contributed by atoms with van der Waals surface area (Å²) >= 11 is 1.91. The van der Waals surface area contributed by atoms with E-state index in [1.807, 2.05) is 22.6 Å². The van der Waals surface area contributed by atoms with Crippen molar-refractivity contribution in [2.45, 2.75) is 6.92 Å². The average Bonchev–Trinajstić information content (AvgIpc) is 2.62. The van der Waals surface area contributed by atoms with Gasteiger partial charge in [-0.1, -0.05) is 0 Å². The van der Waals surface area contributed by atoms with E-state index in [1.54, 1.807) is 0 Å². The van der Waals surface area contributed by atoms with Gasteiger partial charge in [0.15, 0.2) is 0 Å². The Labute approximate surface area is 177 Å². The number of nitro groups is 1. The first-order valence-electron chi connectivity index (χ1n) is 8.18. The van der Waals surface area contributed by atoms with Crippen LogP contribution in [-0.2, 0) is 4.79 Å². The Hall–Kier alpha value is -3.15. The molecular weight excluding hydrogens is 497 g/mol. The smallest absolute Gasteiger partial charge is 0.312 e. The van der Waals surface area contributed by atoms with Crippen molar-refractivity contribution in [3.8, 4) is 11.1 Å². The topological polar surface area (TPSA) is 97.2 Å². The van der Waals surface area contributed by atoms with E-state index in [2.05, 4.69) is 15.6 Å². The van der Waals surface area contributed by atoms with Crippen molar-refractivity contribution in [2.75, 3.05) is 10.6 Å². The van der Waals surface area contributed by atoms with Crippen molar-refractivity contribution in [3.05, 3.63) is 74.0 Å². The summed E-state index contributed by atoms with van der Waals surface area (Å²) in [7, 11) is 0. The summed E-state index contributed by atoms with van der Waals surface area (Å²) in [5.74, 6) is -1.87. The molecule has 0 saturated heterocycles. The van der Waals surface area contributed by atoms with Crippen molar-refractivity contribution in [1.82, 2.24) is 4.98 Å². The number of benzene rings is 2. The van der Waals surface area contributed by atoms with Gasteiger partial charge in [-0.2, -0.15) is 0 Å². The van der Waals surface area contributed by atoms with Gasteiger partial charge in [0.2, 0.25) is 11.7 Å². The van der Waals surface area contributed by atoms with Crippen LogP contribution in [0.5, 0.6) is 0 Å². The van der Waals surface area contributed by atoms with Crippen molar-refractivity contribution in [2.24, 2.45) is 0 Å². The molecule has 7 nitrogen and oxygen atoms in total. The number of amides is 1. The second-order valence-corrected chi connectivity index (χ2v) is 7.25. The highest BCUT2D eigenvalue weighted by molar-refractivity contribution is 14.1. The zero-order valence-electron chi connectivity index (χ0n) is 14.9. The SMILES string of the molecule is CC(=O)Nc1cc(Nc2ncc(I)cc2[N+](=O)[O-])cc(-c2ccc(F)cc2F)c1. The Balaban J connectivity index is 2.09. The van der Waals surface area contributed by atoms with Crippen LogP contribution in [0.15, 0.2) is 48.7 Å². The highest BCUT2D eigenvalue weighted by Gasteiger charge is 2.17. The summed E-state index contributed by atoms with van der Waals surface area (Å²) in [6, 6.07) is 9.04. The molecule has 0 bridgehead atoms. The van der Waals surface area contributed by atoms with Crippen LogP contribution in [-0.4, -0.2) is 15.8 Å². The summed E-state index contributed by atoms with van der Waals surface area (Å²) in [5, 5.41) is 16.7. The molecule has 10 heteroatoms. The fraction of sp³-hybridized carbons (Fsp3) is 0.0526. The van der Waals surface area contributed by atoms with Gasteiger partial charge in [0.25, 0.3) is 0 Å². The average molecular weight is 510 g/mol. The summed E-state index contributed by atoms with van der Waals surface area (Å²) in [6.45, 7) is 1.31. The van der Waals surface area contributed by atoms with E-state index in [9.17, 15) is 23.7 Å². The molecule has 0 aliphatic heterocycles. The van der Waals surface area contributed by atoms with Crippen LogP contribution in [0.4, 0.5) is 31.7 Å². The molecule has 2 N–H and O–H groups in total. The number of hydrogen-bond donors (Lipinski definition) is 2. The lowest BCUT2D eigenvalue weighted by Gasteiger charge is -2.13. The van der Waals surface area contributed by atoms with Gasteiger partial charge in [-0.25, -0.2) is 13.8 Å². The molecule has 1 aromatic heterocycles. The zero-order chi connectivity index (χ0) is 21.1. The summed E-state index contributed by atoms with van der Waals surface area (Å²) in [4.78, 5) is 26.3. The molecule has 0 saturated carbocycles. The Morgan fingerprint density at radius 1 is 1.14 bits per heavy atom. The lowest BCUT2D eigenvalue weighted by molar-refractivity contribution is -0.384. The third-order valence-electron chi connectivity index (χ3n) is 3.79. The first-order valence-corrected chi connectivity index (χ1v) is 9.26. The van der Waals surface area contributed by atoms with Gasteiger partial charge < -0.3 is 10.6 Å². The number of nitrogens with zero attached hydrogens (tertiary/aromatic N) is 2. The number of anilines is 3. The lowest BCUT2D eigenvalue weighted by Crippen LogP contribution is -2.07. The zero-order valence-corrected chi connectivity index (χ0v) is 17.0. The maximum Gasteiger partial charge on any atom is 0.312 e. The number of rotatable bonds is 5. The van der Waals surface area contributed by atoms with Gasteiger partial charge in [0.05, 0.1) is 4.92 Å². The van der Waals surface area contributed by atoms with E-state index in [4.69, 9.17) is 0 Å². The molecule has 3 rings (SSSR count). The number of hydrogen-bond acceptors (Lipinski definition) is 5. The molecule has 0 unspecified atom stereocenters. The van der Waals surface area contributed by atoms with E-state index in [1.165, 1.54) is 43.5 Å². The Kier molecular flexibility index (Phi) is 6.01. The van der Waals surface area contributed by atoms with Crippen LogP contribution in [0.2, 0.25) is 0 Å². The standard InChI is InChI=1S/C19H13F2IN4O3/c1-10(27)24-14-4-11(16-3-2-12(20)6-17(16)21)5-15(8-14)25-19-18(26(28)29)7-13(22)9-23-19/h2-9H,1H3,(H,23,25)(H,24,27). The van der Waals surface area contributed by atoms with Crippen molar-refractivity contribution < 1.29 is 18.5 Å². The number of halogens is 3. The second-order valence-electron chi connectivity index (χ2n) is 6.01. The van der Waals surface area contributed by atoms with Crippen LogP contribution >= 0.6 is 22.6 Å². The molecule has 0 radical (unpaired) electrons. The van der Waals surface area contributed by atoms with E-state index >= 15 is 0 Å². The third kappa shape index (κ3) is 5.02. The van der Waals surface area contributed by atoms with Gasteiger partial charge in [0.1, 0.15) is 11.6 Å². The molecule has 29 heavy (non-hydrogen) atoms. The molecule has 0 atom stereocenters. The second kappa shape index (κ2) is 8.47. The van der Waals surface area contributed by atoms with Gasteiger partial charge in [-0.05, 0) is 58.5 Å². The number of nitrogens with one attached hydrogen (secondary N) is 2. The monoisotopic (exact) mass is 510 g/mol. The lowest BCUT2D eigenvalue weighted by atomic mass is 10.0. The minimum absolute atomic E-state index is 0.0130. The van der Waals surface area contributed by atoms with Crippen molar-refractivity contribution >= 4 is 51.4 Å². The summed E-state index contributed by atoms with van der Waals surface area (Å²) < 4.78 is 28.1. The van der Waals surface area contributed by atoms with E-state index in [0.717, 1.165) is 12.1 Å². The highest BCUT2D eigenvalue weighted by Crippen LogP contribution is 2.33. The van der Waals surface area contributed by atoms with Gasteiger partial charge >= 0.3 is 5.69 Å². The molecule has 3 aromatic rings. The van der Waals surface area contributed by atoms with Crippen LogP contribution in [0.1, 0.15) is 6.92 Å². The van der Waals surface area contributed by atoms with Gasteiger partial charge in [0, 0.05) is 45.8 Å². The largest absolute Gasteiger partial charge is 0.334 e. The minimum Gasteiger partial charge on any atom is -0.334 e. The number of carbonyl (C=O) groups is 1. The van der Waals surface area contributed by atoms with Crippen molar-refractivity contribution in [3.63, 3.8) is 0 Å². The predicted molar refractivity (Wildman–Crippen MR) is 113 cm³/mol. The maximum atomic E-state index is 14.3. The van der Waals surface area contributed by atoms with Crippen LogP contribution in [0.3, 0.4) is 0 Å². The van der Waals surface area contributed by atoms with Gasteiger partial charge in [-0.3, -0.25) is 14.9 Å². The molecule has 2 aromatic carbocycles. The molecule has 1 heterocycles. The molecular formula is C19H13F2IN4O3. The Morgan fingerprint density at radius 2 is 1.86 bits per heavy atom. The molecule has 148 valence electrons. The molecule has 0 aliphatic rings. The molecule has 0 aliphatic carbocycles. The van der Waals surface area contributed by atoms with Crippen LogP contribution < -0.4 is 10.6 Å². The molecule has 0 fully saturated rings. The fourth-order valence-corrected chi connectivity index (χ4v) is 3.09. The Morgan fingerprint density at radius 3 is 2.52 bits per heavy atom. The van der Waals surface area contributed by atoms with E-state index in [0.29, 0.717) is 20.5 Å². The van der Waals surface area contributed by atoms with E-state index < -0.39 is 16.6 Å². The molecule has 0 spiro atoms. The minimum atomic E-state index is -0.783. The number of aromatic nitrogens is 1. The normalized spacial score (nSPS) is 10.5. The van der Waals surface area contributed by atoms with Gasteiger partial charge in [-0.15, -0.1) is 0 Å². The van der Waals surface area contributed by atoms with E-state index in [-0.39, 0.29) is 23.0 Å². The summed E-state index contributed by atoms with van der Waals surface area (Å²) in [5.41, 5.74) is 0.855. The quantitative estimate of drug-likeness (QED) is 0.278. The summed E-state index contributed by atoms with van der Waals surface area (Å²) in [6.07, 6.45) is 1.45.